The monoisotopic (exact) mass is 348 g/mol. The zero-order valence-corrected chi connectivity index (χ0v) is 13.5. The number of nitrogens with one attached hydrogen (secondary N) is 1. The van der Waals surface area contributed by atoms with Gasteiger partial charge in [0, 0.05) is 5.02 Å². The summed E-state index contributed by atoms with van der Waals surface area (Å²) in [5.74, 6) is -2.38. The second-order valence-corrected chi connectivity index (χ2v) is 7.43. The first kappa shape index (κ1) is 14.7. The van der Waals surface area contributed by atoms with E-state index in [-0.39, 0.29) is 17.7 Å². The summed E-state index contributed by atoms with van der Waals surface area (Å²) < 4.78 is 0.885. The SMILES string of the molecule is O=C(O)[C@@H]1[C@H](C(=O)Nc2nc3ccc(Cl)cc3s2)[C@@H]2C=C[C@H]1C2. The standard InChI is InChI=1S/C16H13ClN2O3S/c17-9-3-4-10-11(6-9)23-16(18-10)19-14(20)12-7-1-2-8(5-7)13(12)15(21)22/h1-4,6-8,12-13H,5H2,(H,21,22)(H,18,19,20)/t7-,8+,12-,13+/m1/s1. The molecule has 2 bridgehead atoms. The number of nitrogens with zero attached hydrogens (tertiary/aromatic N) is 1. The fourth-order valence-corrected chi connectivity index (χ4v) is 4.80. The van der Waals surface area contributed by atoms with Crippen LogP contribution in [0.15, 0.2) is 30.4 Å². The molecule has 1 saturated carbocycles. The molecule has 23 heavy (non-hydrogen) atoms. The molecule has 4 atom stereocenters. The first-order chi connectivity index (χ1) is 11.0. The predicted octanol–water partition coefficient (Wildman–Crippen LogP) is 3.41. The molecule has 2 aliphatic carbocycles. The smallest absolute Gasteiger partial charge is 0.307 e. The molecular formula is C16H13ClN2O3S. The minimum atomic E-state index is -0.905. The molecule has 4 rings (SSSR count). The number of carboxylic acid groups (broad SMARTS) is 1. The van der Waals surface area contributed by atoms with Crippen molar-refractivity contribution >= 4 is 50.2 Å². The summed E-state index contributed by atoms with van der Waals surface area (Å²) in [4.78, 5) is 28.5. The summed E-state index contributed by atoms with van der Waals surface area (Å²) in [6.07, 6.45) is 4.63. The van der Waals surface area contributed by atoms with Gasteiger partial charge in [-0.1, -0.05) is 35.1 Å². The van der Waals surface area contributed by atoms with Gasteiger partial charge in [-0.15, -0.1) is 0 Å². The average Bonchev–Trinajstić information content (AvgIpc) is 3.18. The maximum Gasteiger partial charge on any atom is 0.307 e. The summed E-state index contributed by atoms with van der Waals surface area (Å²) in [5.41, 5.74) is 0.761. The van der Waals surface area contributed by atoms with Gasteiger partial charge in [-0.05, 0) is 36.5 Å². The lowest BCUT2D eigenvalue weighted by molar-refractivity contribution is -0.146. The van der Waals surface area contributed by atoms with Crippen LogP contribution in [0.25, 0.3) is 10.2 Å². The second kappa shape index (κ2) is 5.32. The highest BCUT2D eigenvalue weighted by molar-refractivity contribution is 7.22. The fraction of sp³-hybridized carbons (Fsp3) is 0.312. The van der Waals surface area contributed by atoms with Crippen molar-refractivity contribution in [1.82, 2.24) is 4.98 Å². The van der Waals surface area contributed by atoms with E-state index < -0.39 is 17.8 Å². The van der Waals surface area contributed by atoms with Crippen molar-refractivity contribution in [2.45, 2.75) is 6.42 Å². The zero-order chi connectivity index (χ0) is 16.1. The molecule has 1 amide bonds. The summed E-state index contributed by atoms with van der Waals surface area (Å²) in [6, 6.07) is 5.34. The number of anilines is 1. The van der Waals surface area contributed by atoms with Gasteiger partial charge < -0.3 is 10.4 Å². The van der Waals surface area contributed by atoms with E-state index >= 15 is 0 Å². The van der Waals surface area contributed by atoms with Gasteiger partial charge in [0.05, 0.1) is 22.1 Å². The molecule has 2 aliphatic rings. The van der Waals surface area contributed by atoms with Crippen LogP contribution in [0.4, 0.5) is 5.13 Å². The van der Waals surface area contributed by atoms with Crippen molar-refractivity contribution in [2.75, 3.05) is 5.32 Å². The average molecular weight is 349 g/mol. The molecule has 2 aromatic rings. The molecule has 0 unspecified atom stereocenters. The van der Waals surface area contributed by atoms with E-state index in [1.54, 1.807) is 18.2 Å². The van der Waals surface area contributed by atoms with Crippen LogP contribution < -0.4 is 5.32 Å². The lowest BCUT2D eigenvalue weighted by atomic mass is 9.82. The van der Waals surface area contributed by atoms with Crippen molar-refractivity contribution in [1.29, 1.82) is 0 Å². The van der Waals surface area contributed by atoms with E-state index in [1.165, 1.54) is 11.3 Å². The lowest BCUT2D eigenvalue weighted by Crippen LogP contribution is -2.36. The van der Waals surface area contributed by atoms with E-state index in [9.17, 15) is 14.7 Å². The third-order valence-corrected chi connectivity index (χ3v) is 5.80. The third kappa shape index (κ3) is 2.42. The normalized spacial score (nSPS) is 28.4. The molecule has 118 valence electrons. The van der Waals surface area contributed by atoms with Gasteiger partial charge in [-0.3, -0.25) is 9.59 Å². The Morgan fingerprint density at radius 1 is 1.26 bits per heavy atom. The first-order valence-electron chi connectivity index (χ1n) is 7.31. The number of allylic oxidation sites excluding steroid dienone is 2. The van der Waals surface area contributed by atoms with Gasteiger partial charge in [0.2, 0.25) is 5.91 Å². The first-order valence-corrected chi connectivity index (χ1v) is 8.50. The van der Waals surface area contributed by atoms with Crippen molar-refractivity contribution < 1.29 is 14.7 Å². The lowest BCUT2D eigenvalue weighted by Gasteiger charge is -2.23. The molecule has 7 heteroatoms. The Morgan fingerprint density at radius 3 is 2.74 bits per heavy atom. The molecule has 0 radical (unpaired) electrons. The Kier molecular flexibility index (Phi) is 3.39. The van der Waals surface area contributed by atoms with Crippen LogP contribution in [0.2, 0.25) is 5.02 Å². The molecule has 5 nitrogen and oxygen atoms in total. The van der Waals surface area contributed by atoms with Crippen LogP contribution in [0, 0.1) is 23.7 Å². The van der Waals surface area contributed by atoms with Gasteiger partial charge in [-0.25, -0.2) is 4.98 Å². The number of carboxylic acids is 1. The number of aliphatic carboxylic acids is 1. The molecule has 1 aromatic carbocycles. The van der Waals surface area contributed by atoms with Crippen LogP contribution >= 0.6 is 22.9 Å². The fourth-order valence-electron chi connectivity index (χ4n) is 3.66. The minimum absolute atomic E-state index is 0.00456. The molecule has 1 fully saturated rings. The number of fused-ring (bicyclic) bond motifs is 3. The molecule has 1 aromatic heterocycles. The van der Waals surface area contributed by atoms with Crippen LogP contribution in [0.3, 0.4) is 0 Å². The molecule has 0 spiro atoms. The molecule has 0 saturated heterocycles. The Morgan fingerprint density at radius 2 is 2.00 bits per heavy atom. The minimum Gasteiger partial charge on any atom is -0.481 e. The van der Waals surface area contributed by atoms with Gasteiger partial charge in [0.25, 0.3) is 0 Å². The Hall–Kier alpha value is -1.92. The number of hydrogen-bond donors (Lipinski definition) is 2. The number of amides is 1. The third-order valence-electron chi connectivity index (χ3n) is 4.63. The molecule has 2 N–H and O–H groups in total. The number of thiazole rings is 1. The second-order valence-electron chi connectivity index (χ2n) is 5.96. The number of halogens is 1. The van der Waals surface area contributed by atoms with E-state index in [0.717, 1.165) is 16.6 Å². The maximum atomic E-state index is 12.6. The highest BCUT2D eigenvalue weighted by Crippen LogP contribution is 2.48. The van der Waals surface area contributed by atoms with Gasteiger partial charge in [0.15, 0.2) is 5.13 Å². The van der Waals surface area contributed by atoms with E-state index in [2.05, 4.69) is 10.3 Å². The van der Waals surface area contributed by atoms with Crippen molar-refractivity contribution in [3.63, 3.8) is 0 Å². The number of carbonyl (C=O) groups is 2. The summed E-state index contributed by atoms with van der Waals surface area (Å²) in [6.45, 7) is 0. The van der Waals surface area contributed by atoms with Gasteiger partial charge in [0.1, 0.15) is 0 Å². The summed E-state index contributed by atoms with van der Waals surface area (Å²) >= 11 is 7.29. The Labute approximate surface area is 141 Å². The summed E-state index contributed by atoms with van der Waals surface area (Å²) in [5, 5.41) is 13.3. The van der Waals surface area contributed by atoms with Gasteiger partial charge >= 0.3 is 5.97 Å². The zero-order valence-electron chi connectivity index (χ0n) is 11.9. The quantitative estimate of drug-likeness (QED) is 0.833. The predicted molar refractivity (Wildman–Crippen MR) is 88.6 cm³/mol. The molecule has 0 aliphatic heterocycles. The van der Waals surface area contributed by atoms with E-state index in [0.29, 0.717) is 10.2 Å². The summed E-state index contributed by atoms with van der Waals surface area (Å²) in [7, 11) is 0. The van der Waals surface area contributed by atoms with Crippen LogP contribution in [-0.4, -0.2) is 22.0 Å². The van der Waals surface area contributed by atoms with Crippen LogP contribution in [0.1, 0.15) is 6.42 Å². The van der Waals surface area contributed by atoms with Crippen LogP contribution in [-0.2, 0) is 9.59 Å². The Balaban J connectivity index is 1.59. The van der Waals surface area contributed by atoms with Crippen molar-refractivity contribution in [3.05, 3.63) is 35.4 Å². The number of aromatic nitrogens is 1. The molecule has 1 heterocycles. The molecular weight excluding hydrogens is 336 g/mol. The van der Waals surface area contributed by atoms with Crippen molar-refractivity contribution in [2.24, 2.45) is 23.7 Å². The van der Waals surface area contributed by atoms with Crippen molar-refractivity contribution in [3.8, 4) is 0 Å². The van der Waals surface area contributed by atoms with E-state index in [4.69, 9.17) is 11.6 Å². The van der Waals surface area contributed by atoms with Crippen LogP contribution in [0.5, 0.6) is 0 Å². The number of rotatable bonds is 3. The largest absolute Gasteiger partial charge is 0.481 e. The highest BCUT2D eigenvalue weighted by Gasteiger charge is 2.51. The maximum absolute atomic E-state index is 12.6. The number of hydrogen-bond acceptors (Lipinski definition) is 4. The number of benzene rings is 1. The number of carbonyl (C=O) groups excluding carboxylic acids is 1. The topological polar surface area (TPSA) is 79.3 Å². The van der Waals surface area contributed by atoms with E-state index in [1.807, 2.05) is 12.2 Å². The Bertz CT molecular complexity index is 847. The van der Waals surface area contributed by atoms with Gasteiger partial charge in [-0.2, -0.15) is 0 Å². The highest BCUT2D eigenvalue weighted by atomic mass is 35.5.